The minimum Gasteiger partial charge on any atom is -0.477 e. The van der Waals surface area contributed by atoms with E-state index in [2.05, 4.69) is 57.6 Å². The Bertz CT molecular complexity index is 433. The summed E-state index contributed by atoms with van der Waals surface area (Å²) in [5.74, 6) is 1.11. The number of rotatable bonds is 7. The lowest BCUT2D eigenvalue weighted by Crippen LogP contribution is -2.35. The summed E-state index contributed by atoms with van der Waals surface area (Å²) in [4.78, 5) is 4.56. The second kappa shape index (κ2) is 7.44. The Morgan fingerprint density at radius 1 is 1.35 bits per heavy atom. The van der Waals surface area contributed by atoms with Crippen molar-refractivity contribution in [3.8, 4) is 5.88 Å². The molecule has 0 atom stereocenters. The molecule has 0 saturated carbocycles. The zero-order valence-electron chi connectivity index (χ0n) is 13.5. The van der Waals surface area contributed by atoms with Crippen LogP contribution >= 0.6 is 0 Å². The van der Waals surface area contributed by atoms with Crippen LogP contribution < -0.4 is 10.1 Å². The van der Waals surface area contributed by atoms with Crippen molar-refractivity contribution in [1.82, 2.24) is 10.3 Å². The molecule has 0 amide bonds. The van der Waals surface area contributed by atoms with Crippen molar-refractivity contribution >= 4 is 0 Å². The lowest BCUT2D eigenvalue weighted by atomic mass is 10.1. The number of nitrogens with zero attached hydrogens (tertiary/aromatic N) is 1. The highest BCUT2D eigenvalue weighted by atomic mass is 16.5. The monoisotopic (exact) mass is 276 g/mol. The molecule has 0 saturated heterocycles. The summed E-state index contributed by atoms with van der Waals surface area (Å²) in [6.45, 7) is 15.9. The number of nitrogens with one attached hydrogen (secondary N) is 1. The topological polar surface area (TPSA) is 34.1 Å². The Hall–Kier alpha value is -1.35. The smallest absolute Gasteiger partial charge is 0.213 e. The summed E-state index contributed by atoms with van der Waals surface area (Å²) in [6.07, 6.45) is 2.69. The van der Waals surface area contributed by atoms with E-state index in [0.29, 0.717) is 18.4 Å². The van der Waals surface area contributed by atoms with Crippen LogP contribution in [0.15, 0.2) is 24.8 Å². The molecule has 0 bridgehead atoms. The van der Waals surface area contributed by atoms with E-state index in [-0.39, 0.29) is 5.54 Å². The predicted octanol–water partition coefficient (Wildman–Crippen LogP) is 4.05. The van der Waals surface area contributed by atoms with Crippen molar-refractivity contribution < 1.29 is 4.74 Å². The zero-order chi connectivity index (χ0) is 15.2. The van der Waals surface area contributed by atoms with Crippen LogP contribution in [0.3, 0.4) is 0 Å². The fourth-order valence-corrected chi connectivity index (χ4v) is 1.67. The highest BCUT2D eigenvalue weighted by Gasteiger charge is 2.11. The molecule has 0 unspecified atom stereocenters. The fraction of sp³-hybridized carbons (Fsp3) is 0.588. The van der Waals surface area contributed by atoms with Gasteiger partial charge in [-0.05, 0) is 44.7 Å². The third-order valence-corrected chi connectivity index (χ3v) is 2.87. The second-order valence-electron chi connectivity index (χ2n) is 6.42. The van der Waals surface area contributed by atoms with Gasteiger partial charge in [0.1, 0.15) is 0 Å². The minimum absolute atomic E-state index is 0.102. The van der Waals surface area contributed by atoms with Gasteiger partial charge in [0.2, 0.25) is 5.88 Å². The van der Waals surface area contributed by atoms with E-state index in [0.717, 1.165) is 18.7 Å². The first-order chi connectivity index (χ1) is 9.31. The van der Waals surface area contributed by atoms with Gasteiger partial charge in [-0.1, -0.05) is 19.9 Å². The van der Waals surface area contributed by atoms with E-state index in [1.54, 1.807) is 0 Å². The molecule has 0 aliphatic carbocycles. The fourth-order valence-electron chi connectivity index (χ4n) is 1.67. The number of hydrogen-bond acceptors (Lipinski definition) is 3. The highest BCUT2D eigenvalue weighted by molar-refractivity contribution is 5.27. The second-order valence-corrected chi connectivity index (χ2v) is 6.42. The summed E-state index contributed by atoms with van der Waals surface area (Å²) in [5, 5.41) is 3.50. The van der Waals surface area contributed by atoms with Crippen molar-refractivity contribution in [2.75, 3.05) is 6.61 Å². The third kappa shape index (κ3) is 6.20. The van der Waals surface area contributed by atoms with E-state index in [1.165, 1.54) is 5.56 Å². The molecule has 0 aliphatic rings. The summed E-state index contributed by atoms with van der Waals surface area (Å²) >= 11 is 0. The molecule has 1 aromatic rings. The molecular weight excluding hydrogens is 248 g/mol. The van der Waals surface area contributed by atoms with Gasteiger partial charge >= 0.3 is 0 Å². The summed E-state index contributed by atoms with van der Waals surface area (Å²) in [7, 11) is 0. The quantitative estimate of drug-likeness (QED) is 0.602. The van der Waals surface area contributed by atoms with Crippen molar-refractivity contribution in [3.63, 3.8) is 0 Å². The maximum Gasteiger partial charge on any atom is 0.213 e. The van der Waals surface area contributed by atoms with E-state index in [1.807, 2.05) is 12.1 Å². The molecule has 3 nitrogen and oxygen atoms in total. The molecule has 3 heteroatoms. The van der Waals surface area contributed by atoms with Crippen molar-refractivity contribution in [1.29, 1.82) is 0 Å². The SMILES string of the molecule is C=CCCOc1cc(CNC(C)(C)C)cc(C(C)C)n1. The van der Waals surface area contributed by atoms with Crippen LogP contribution in [0.25, 0.3) is 0 Å². The molecule has 0 fully saturated rings. The lowest BCUT2D eigenvalue weighted by Gasteiger charge is -2.21. The van der Waals surface area contributed by atoms with Crippen LogP contribution in [0.2, 0.25) is 0 Å². The first kappa shape index (κ1) is 16.7. The molecule has 0 aromatic carbocycles. The normalized spacial score (nSPS) is 11.7. The van der Waals surface area contributed by atoms with Gasteiger partial charge in [0.05, 0.1) is 6.61 Å². The number of aromatic nitrogens is 1. The minimum atomic E-state index is 0.102. The zero-order valence-corrected chi connectivity index (χ0v) is 13.5. The average molecular weight is 276 g/mol. The van der Waals surface area contributed by atoms with Crippen LogP contribution in [0, 0.1) is 0 Å². The Morgan fingerprint density at radius 3 is 2.60 bits per heavy atom. The maximum absolute atomic E-state index is 5.70. The standard InChI is InChI=1S/C17H28N2O/c1-7-8-9-20-16-11-14(12-18-17(4,5)6)10-15(19-16)13(2)3/h7,10-11,13,18H,1,8-9,12H2,2-6H3. The highest BCUT2D eigenvalue weighted by Crippen LogP contribution is 2.19. The van der Waals surface area contributed by atoms with Crippen molar-refractivity contribution in [2.24, 2.45) is 0 Å². The van der Waals surface area contributed by atoms with E-state index in [4.69, 9.17) is 4.74 Å². The van der Waals surface area contributed by atoms with Crippen LogP contribution in [0.1, 0.15) is 58.2 Å². The molecule has 1 rings (SSSR count). The van der Waals surface area contributed by atoms with Gasteiger partial charge in [0.25, 0.3) is 0 Å². The summed E-state index contributed by atoms with van der Waals surface area (Å²) in [5.41, 5.74) is 2.39. The van der Waals surface area contributed by atoms with Crippen LogP contribution in [0.5, 0.6) is 5.88 Å². The number of pyridine rings is 1. The number of hydrogen-bond donors (Lipinski definition) is 1. The Morgan fingerprint density at radius 2 is 2.05 bits per heavy atom. The maximum atomic E-state index is 5.70. The molecule has 0 aliphatic heterocycles. The van der Waals surface area contributed by atoms with Gasteiger partial charge in [0.15, 0.2) is 0 Å². The van der Waals surface area contributed by atoms with Gasteiger partial charge in [-0.2, -0.15) is 0 Å². The molecule has 1 aromatic heterocycles. The van der Waals surface area contributed by atoms with Crippen molar-refractivity contribution in [3.05, 3.63) is 36.0 Å². The molecule has 0 radical (unpaired) electrons. The molecule has 0 spiro atoms. The predicted molar refractivity (Wildman–Crippen MR) is 85.2 cm³/mol. The molecule has 1 N–H and O–H groups in total. The average Bonchev–Trinajstić information content (AvgIpc) is 2.36. The van der Waals surface area contributed by atoms with Crippen LogP contribution in [-0.4, -0.2) is 17.1 Å². The Kier molecular flexibility index (Phi) is 6.21. The van der Waals surface area contributed by atoms with Crippen LogP contribution in [-0.2, 0) is 6.54 Å². The van der Waals surface area contributed by atoms with Crippen LogP contribution in [0.4, 0.5) is 0 Å². The van der Waals surface area contributed by atoms with Crippen molar-refractivity contribution in [2.45, 2.75) is 59.0 Å². The Labute approximate surface area is 123 Å². The van der Waals surface area contributed by atoms with Gasteiger partial charge in [0, 0.05) is 23.8 Å². The Balaban J connectivity index is 2.84. The van der Waals surface area contributed by atoms with E-state index < -0.39 is 0 Å². The van der Waals surface area contributed by atoms with Gasteiger partial charge in [-0.25, -0.2) is 4.98 Å². The first-order valence-electron chi connectivity index (χ1n) is 7.31. The molecular formula is C17H28N2O. The number of ether oxygens (including phenoxy) is 1. The summed E-state index contributed by atoms with van der Waals surface area (Å²) in [6, 6.07) is 4.18. The third-order valence-electron chi connectivity index (χ3n) is 2.87. The first-order valence-corrected chi connectivity index (χ1v) is 7.31. The van der Waals surface area contributed by atoms with E-state index in [9.17, 15) is 0 Å². The van der Waals surface area contributed by atoms with Gasteiger partial charge in [-0.3, -0.25) is 0 Å². The lowest BCUT2D eigenvalue weighted by molar-refractivity contribution is 0.310. The largest absolute Gasteiger partial charge is 0.477 e. The summed E-state index contributed by atoms with van der Waals surface area (Å²) < 4.78 is 5.70. The van der Waals surface area contributed by atoms with E-state index >= 15 is 0 Å². The molecule has 20 heavy (non-hydrogen) atoms. The van der Waals surface area contributed by atoms with Gasteiger partial charge < -0.3 is 10.1 Å². The van der Waals surface area contributed by atoms with Gasteiger partial charge in [-0.15, -0.1) is 6.58 Å². The molecule has 1 heterocycles. The molecule has 112 valence electrons.